The van der Waals surface area contributed by atoms with E-state index < -0.39 is 0 Å². The molecular formula is C17H21ClN2O2. The van der Waals surface area contributed by atoms with Gasteiger partial charge >= 0.3 is 0 Å². The van der Waals surface area contributed by atoms with Crippen LogP contribution in [-0.2, 0) is 4.79 Å². The van der Waals surface area contributed by atoms with Crippen LogP contribution in [0.4, 0.5) is 0 Å². The van der Waals surface area contributed by atoms with Crippen molar-refractivity contribution in [3.8, 4) is 0 Å². The second kappa shape index (κ2) is 5.58. The molecule has 1 aromatic carbocycles. The van der Waals surface area contributed by atoms with Gasteiger partial charge in [0.1, 0.15) is 0 Å². The molecule has 3 rings (SSSR count). The normalized spacial score (nSPS) is 20.8. The summed E-state index contributed by atoms with van der Waals surface area (Å²) >= 11 is 6.11. The number of carbonyl (C=O) groups excluding carboxylic acids is 2. The Balaban J connectivity index is 1.70. The second-order valence-corrected chi connectivity index (χ2v) is 6.92. The van der Waals surface area contributed by atoms with Crippen molar-refractivity contribution in [3.63, 3.8) is 0 Å². The number of halogens is 1. The Morgan fingerprint density at radius 3 is 2.36 bits per heavy atom. The van der Waals surface area contributed by atoms with Gasteiger partial charge in [0.25, 0.3) is 5.91 Å². The minimum absolute atomic E-state index is 0.00977. The van der Waals surface area contributed by atoms with E-state index in [0.29, 0.717) is 23.7 Å². The van der Waals surface area contributed by atoms with Crippen LogP contribution in [0.2, 0.25) is 5.02 Å². The second-order valence-electron chi connectivity index (χ2n) is 6.51. The molecule has 0 aromatic heterocycles. The third kappa shape index (κ3) is 2.50. The summed E-state index contributed by atoms with van der Waals surface area (Å²) < 4.78 is 0. The van der Waals surface area contributed by atoms with Gasteiger partial charge < -0.3 is 9.80 Å². The van der Waals surface area contributed by atoms with E-state index in [9.17, 15) is 9.59 Å². The van der Waals surface area contributed by atoms with Gasteiger partial charge in [-0.2, -0.15) is 0 Å². The number of carbonyl (C=O) groups is 2. The van der Waals surface area contributed by atoms with E-state index in [1.165, 1.54) is 0 Å². The maximum absolute atomic E-state index is 12.6. The van der Waals surface area contributed by atoms with Crippen LogP contribution in [-0.4, -0.2) is 48.3 Å². The summed E-state index contributed by atoms with van der Waals surface area (Å²) in [6, 6.07) is 5.43. The minimum atomic E-state index is -0.226. The van der Waals surface area contributed by atoms with Crippen molar-refractivity contribution in [2.45, 2.75) is 26.2 Å². The molecule has 2 saturated heterocycles. The summed E-state index contributed by atoms with van der Waals surface area (Å²) in [5.41, 5.74) is 1.37. The smallest absolute Gasteiger partial charge is 0.253 e. The fourth-order valence-corrected chi connectivity index (χ4v) is 3.69. The molecule has 118 valence electrons. The van der Waals surface area contributed by atoms with Crippen molar-refractivity contribution in [3.05, 3.63) is 34.3 Å². The number of rotatable bonds is 1. The minimum Gasteiger partial charge on any atom is -0.345 e. The molecule has 2 heterocycles. The van der Waals surface area contributed by atoms with Crippen LogP contribution in [0.5, 0.6) is 0 Å². The SMILES string of the molecule is Cc1ccc(C(=O)N2CCC3(CCN(C)C3=O)CC2)cc1Cl. The Morgan fingerprint density at radius 1 is 1.18 bits per heavy atom. The molecule has 2 amide bonds. The first kappa shape index (κ1) is 15.3. The van der Waals surface area contributed by atoms with Crippen molar-refractivity contribution >= 4 is 23.4 Å². The van der Waals surface area contributed by atoms with Crippen molar-refractivity contribution in [1.82, 2.24) is 9.80 Å². The highest BCUT2D eigenvalue weighted by molar-refractivity contribution is 6.31. The first-order valence-electron chi connectivity index (χ1n) is 7.74. The lowest BCUT2D eigenvalue weighted by Crippen LogP contribution is -2.46. The molecule has 22 heavy (non-hydrogen) atoms. The zero-order valence-corrected chi connectivity index (χ0v) is 13.8. The lowest BCUT2D eigenvalue weighted by atomic mass is 9.77. The molecule has 0 N–H and O–H groups in total. The summed E-state index contributed by atoms with van der Waals surface area (Å²) in [4.78, 5) is 28.6. The van der Waals surface area contributed by atoms with E-state index in [1.807, 2.05) is 35.9 Å². The summed E-state index contributed by atoms with van der Waals surface area (Å²) in [6.45, 7) is 4.04. The monoisotopic (exact) mass is 320 g/mol. The van der Waals surface area contributed by atoms with E-state index in [4.69, 9.17) is 11.6 Å². The van der Waals surface area contributed by atoms with E-state index >= 15 is 0 Å². The lowest BCUT2D eigenvalue weighted by Gasteiger charge is -2.37. The number of benzene rings is 1. The highest BCUT2D eigenvalue weighted by Crippen LogP contribution is 2.41. The Bertz CT molecular complexity index is 621. The number of likely N-dealkylation sites (tertiary alicyclic amines) is 2. The number of hydrogen-bond donors (Lipinski definition) is 0. The van der Waals surface area contributed by atoms with Crippen LogP contribution < -0.4 is 0 Å². The van der Waals surface area contributed by atoms with Crippen molar-refractivity contribution in [1.29, 1.82) is 0 Å². The van der Waals surface area contributed by atoms with E-state index in [0.717, 1.165) is 31.4 Å². The summed E-state index contributed by atoms with van der Waals surface area (Å²) in [5.74, 6) is 0.258. The number of hydrogen-bond acceptors (Lipinski definition) is 2. The zero-order chi connectivity index (χ0) is 15.9. The van der Waals surface area contributed by atoms with E-state index in [2.05, 4.69) is 0 Å². The standard InChI is InChI=1S/C17H21ClN2O2/c1-12-3-4-13(11-14(12)18)15(21)20-9-6-17(7-10-20)5-8-19(2)16(17)22/h3-4,11H,5-10H2,1-2H3. The lowest BCUT2D eigenvalue weighted by molar-refractivity contribution is -0.137. The van der Waals surface area contributed by atoms with Gasteiger partial charge in [0.2, 0.25) is 5.91 Å². The van der Waals surface area contributed by atoms with Crippen LogP contribution in [0, 0.1) is 12.3 Å². The first-order valence-corrected chi connectivity index (χ1v) is 8.12. The Morgan fingerprint density at radius 2 is 1.82 bits per heavy atom. The van der Waals surface area contributed by atoms with Crippen molar-refractivity contribution < 1.29 is 9.59 Å². The van der Waals surface area contributed by atoms with Gasteiger partial charge in [-0.25, -0.2) is 0 Å². The molecule has 2 fully saturated rings. The van der Waals surface area contributed by atoms with Crippen LogP contribution in [0.15, 0.2) is 18.2 Å². The Hall–Kier alpha value is -1.55. The molecule has 0 atom stereocenters. The first-order chi connectivity index (χ1) is 10.4. The number of aryl methyl sites for hydroxylation is 1. The van der Waals surface area contributed by atoms with Gasteiger partial charge in [0.15, 0.2) is 0 Å². The average Bonchev–Trinajstić information content (AvgIpc) is 2.79. The molecule has 4 nitrogen and oxygen atoms in total. The predicted molar refractivity (Wildman–Crippen MR) is 86.0 cm³/mol. The molecule has 0 saturated carbocycles. The maximum atomic E-state index is 12.6. The van der Waals surface area contributed by atoms with Gasteiger partial charge in [-0.05, 0) is 43.9 Å². The molecular weight excluding hydrogens is 300 g/mol. The molecule has 0 unspecified atom stereocenters. The third-order valence-corrected chi connectivity index (χ3v) is 5.56. The molecule has 0 bridgehead atoms. The zero-order valence-electron chi connectivity index (χ0n) is 13.1. The number of nitrogens with zero attached hydrogens (tertiary/aromatic N) is 2. The van der Waals surface area contributed by atoms with E-state index in [-0.39, 0.29) is 17.2 Å². The molecule has 5 heteroatoms. The topological polar surface area (TPSA) is 40.6 Å². The van der Waals surface area contributed by atoms with E-state index in [1.54, 1.807) is 6.07 Å². The molecule has 1 spiro atoms. The van der Waals surface area contributed by atoms with Gasteiger partial charge in [-0.1, -0.05) is 17.7 Å². The van der Waals surface area contributed by atoms with Crippen LogP contribution in [0.1, 0.15) is 35.2 Å². The van der Waals surface area contributed by atoms with Crippen molar-refractivity contribution in [2.75, 3.05) is 26.7 Å². The van der Waals surface area contributed by atoms with Crippen molar-refractivity contribution in [2.24, 2.45) is 5.41 Å². The largest absolute Gasteiger partial charge is 0.345 e. The molecule has 2 aliphatic rings. The molecule has 2 aliphatic heterocycles. The maximum Gasteiger partial charge on any atom is 0.253 e. The fourth-order valence-electron chi connectivity index (χ4n) is 3.51. The molecule has 0 aliphatic carbocycles. The number of piperidine rings is 1. The van der Waals surface area contributed by atoms with Gasteiger partial charge in [-0.3, -0.25) is 9.59 Å². The number of amides is 2. The van der Waals surface area contributed by atoms with Crippen LogP contribution >= 0.6 is 11.6 Å². The molecule has 0 radical (unpaired) electrons. The van der Waals surface area contributed by atoms with Crippen LogP contribution in [0.3, 0.4) is 0 Å². The fraction of sp³-hybridized carbons (Fsp3) is 0.529. The Kier molecular flexibility index (Phi) is 3.89. The third-order valence-electron chi connectivity index (χ3n) is 5.15. The quantitative estimate of drug-likeness (QED) is 0.798. The summed E-state index contributed by atoms with van der Waals surface area (Å²) in [7, 11) is 1.86. The highest BCUT2D eigenvalue weighted by Gasteiger charge is 2.47. The Labute approximate surface area is 136 Å². The summed E-state index contributed by atoms with van der Waals surface area (Å²) in [5, 5.41) is 0.618. The predicted octanol–water partition coefficient (Wildman–Crippen LogP) is 2.73. The highest BCUT2D eigenvalue weighted by atomic mass is 35.5. The van der Waals surface area contributed by atoms with Gasteiger partial charge in [-0.15, -0.1) is 0 Å². The van der Waals surface area contributed by atoms with Gasteiger partial charge in [0.05, 0.1) is 5.41 Å². The summed E-state index contributed by atoms with van der Waals surface area (Å²) in [6.07, 6.45) is 2.45. The molecule has 1 aromatic rings. The van der Waals surface area contributed by atoms with Gasteiger partial charge in [0, 0.05) is 37.3 Å². The average molecular weight is 321 g/mol. The van der Waals surface area contributed by atoms with Crippen LogP contribution in [0.25, 0.3) is 0 Å².